The second-order valence-corrected chi connectivity index (χ2v) is 4.83. The van der Waals surface area contributed by atoms with Gasteiger partial charge in [0.2, 0.25) is 0 Å². The van der Waals surface area contributed by atoms with Crippen LogP contribution in [0.4, 0.5) is 0 Å². The summed E-state index contributed by atoms with van der Waals surface area (Å²) in [6, 6.07) is 0. The van der Waals surface area contributed by atoms with E-state index in [4.69, 9.17) is 9.57 Å². The minimum atomic E-state index is -0.457. The predicted molar refractivity (Wildman–Crippen MR) is 64.8 cm³/mol. The third-order valence-corrected chi connectivity index (χ3v) is 3.08. The molecule has 18 heavy (non-hydrogen) atoms. The lowest BCUT2D eigenvalue weighted by Gasteiger charge is -2.03. The van der Waals surface area contributed by atoms with E-state index in [1.54, 1.807) is 6.92 Å². The van der Waals surface area contributed by atoms with Gasteiger partial charge in [-0.3, -0.25) is 4.79 Å². The molecule has 0 amide bonds. The maximum atomic E-state index is 11.4. The maximum Gasteiger partial charge on any atom is 0.335 e. The third kappa shape index (κ3) is 4.13. The summed E-state index contributed by atoms with van der Waals surface area (Å²) < 4.78 is 4.73. The molecular weight excluding hydrogens is 234 g/mol. The summed E-state index contributed by atoms with van der Waals surface area (Å²) in [7, 11) is 0. The molecule has 0 atom stereocenters. The molecule has 0 N–H and O–H groups in total. The van der Waals surface area contributed by atoms with Gasteiger partial charge < -0.3 is 9.57 Å². The Morgan fingerprint density at radius 1 is 1.06 bits per heavy atom. The van der Waals surface area contributed by atoms with Crippen LogP contribution in [0.1, 0.15) is 45.4 Å². The van der Waals surface area contributed by atoms with Crippen molar-refractivity contribution < 1.29 is 19.2 Å². The highest BCUT2D eigenvalue weighted by Crippen LogP contribution is 2.42. The highest BCUT2D eigenvalue weighted by atomic mass is 16.7. The van der Waals surface area contributed by atoms with Crippen molar-refractivity contribution in [3.8, 4) is 0 Å². The van der Waals surface area contributed by atoms with E-state index >= 15 is 0 Å². The van der Waals surface area contributed by atoms with Crippen molar-refractivity contribution in [1.82, 2.24) is 0 Å². The van der Waals surface area contributed by atoms with Gasteiger partial charge in [0.05, 0.1) is 25.2 Å². The Balaban J connectivity index is 1.70. The number of carbonyl (C=O) groups is 2. The lowest BCUT2D eigenvalue weighted by molar-refractivity contribution is -0.150. The van der Waals surface area contributed by atoms with Gasteiger partial charge in [0.1, 0.15) is 0 Å². The van der Waals surface area contributed by atoms with Gasteiger partial charge in [0.15, 0.2) is 0 Å². The largest absolute Gasteiger partial charge is 0.466 e. The molecule has 2 rings (SSSR count). The molecular formula is C13H19NO4. The summed E-state index contributed by atoms with van der Waals surface area (Å²) >= 11 is 0. The molecule has 0 bridgehead atoms. The van der Waals surface area contributed by atoms with Gasteiger partial charge in [0.25, 0.3) is 0 Å². The van der Waals surface area contributed by atoms with Crippen molar-refractivity contribution in [1.29, 1.82) is 0 Å². The fourth-order valence-electron chi connectivity index (χ4n) is 1.83. The van der Waals surface area contributed by atoms with Crippen molar-refractivity contribution in [2.24, 2.45) is 17.0 Å². The Hall–Kier alpha value is -1.39. The van der Waals surface area contributed by atoms with Crippen LogP contribution in [0.15, 0.2) is 5.16 Å². The van der Waals surface area contributed by atoms with Gasteiger partial charge in [-0.15, -0.1) is 0 Å². The number of esters is 1. The van der Waals surface area contributed by atoms with Crippen LogP contribution in [0, 0.1) is 11.8 Å². The maximum absolute atomic E-state index is 11.4. The van der Waals surface area contributed by atoms with E-state index in [0.29, 0.717) is 18.4 Å². The van der Waals surface area contributed by atoms with Gasteiger partial charge in [-0.1, -0.05) is 5.16 Å². The molecule has 0 aromatic heterocycles. The molecule has 0 aromatic rings. The third-order valence-electron chi connectivity index (χ3n) is 3.08. The van der Waals surface area contributed by atoms with Crippen molar-refractivity contribution in [3.05, 3.63) is 0 Å². The van der Waals surface area contributed by atoms with Crippen LogP contribution in [0.25, 0.3) is 0 Å². The van der Waals surface area contributed by atoms with Gasteiger partial charge >= 0.3 is 11.9 Å². The normalized spacial score (nSPS) is 18.1. The van der Waals surface area contributed by atoms with E-state index in [2.05, 4.69) is 5.16 Å². The number of ether oxygens (including phenoxy) is 1. The van der Waals surface area contributed by atoms with E-state index in [1.165, 1.54) is 0 Å². The highest BCUT2D eigenvalue weighted by molar-refractivity contribution is 5.92. The molecule has 2 aliphatic carbocycles. The Labute approximate surface area is 107 Å². The van der Waals surface area contributed by atoms with Crippen LogP contribution in [0.5, 0.6) is 0 Å². The van der Waals surface area contributed by atoms with E-state index in [-0.39, 0.29) is 18.8 Å². The Morgan fingerprint density at radius 2 is 1.61 bits per heavy atom. The molecule has 5 heteroatoms. The number of nitrogens with zero attached hydrogens (tertiary/aromatic N) is 1. The van der Waals surface area contributed by atoms with E-state index < -0.39 is 5.97 Å². The summed E-state index contributed by atoms with van der Waals surface area (Å²) in [4.78, 5) is 27.3. The van der Waals surface area contributed by atoms with Crippen LogP contribution in [0.3, 0.4) is 0 Å². The summed E-state index contributed by atoms with van der Waals surface area (Å²) in [6.07, 6.45) is 4.74. The van der Waals surface area contributed by atoms with Gasteiger partial charge in [0, 0.05) is 11.8 Å². The van der Waals surface area contributed by atoms with Crippen LogP contribution in [-0.4, -0.2) is 24.3 Å². The molecule has 2 saturated carbocycles. The monoisotopic (exact) mass is 253 g/mol. The van der Waals surface area contributed by atoms with E-state index in [1.807, 2.05) is 0 Å². The Bertz CT molecular complexity index is 342. The first-order valence-corrected chi connectivity index (χ1v) is 6.64. The van der Waals surface area contributed by atoms with Crippen molar-refractivity contribution in [2.45, 2.75) is 45.4 Å². The lowest BCUT2D eigenvalue weighted by atomic mass is 10.2. The van der Waals surface area contributed by atoms with Crippen LogP contribution < -0.4 is 0 Å². The average Bonchev–Trinajstić information content (AvgIpc) is 3.19. The van der Waals surface area contributed by atoms with Crippen molar-refractivity contribution >= 4 is 17.7 Å². The molecule has 0 radical (unpaired) electrons. The zero-order valence-corrected chi connectivity index (χ0v) is 10.7. The highest BCUT2D eigenvalue weighted by Gasteiger charge is 2.38. The minimum absolute atomic E-state index is 0.0327. The summed E-state index contributed by atoms with van der Waals surface area (Å²) in [5, 5.41) is 3.99. The van der Waals surface area contributed by atoms with Crippen LogP contribution in [0.2, 0.25) is 0 Å². The second-order valence-electron chi connectivity index (χ2n) is 4.83. The molecule has 0 unspecified atom stereocenters. The molecule has 0 aromatic carbocycles. The molecule has 2 aliphatic rings. The van der Waals surface area contributed by atoms with Crippen LogP contribution in [-0.2, 0) is 19.2 Å². The number of hydrogen-bond donors (Lipinski definition) is 0. The molecule has 2 fully saturated rings. The van der Waals surface area contributed by atoms with Crippen LogP contribution >= 0.6 is 0 Å². The quantitative estimate of drug-likeness (QED) is 0.301. The minimum Gasteiger partial charge on any atom is -0.466 e. The number of carbonyl (C=O) groups excluding carboxylic acids is 2. The first-order chi connectivity index (χ1) is 8.70. The molecule has 5 nitrogen and oxygen atoms in total. The average molecular weight is 253 g/mol. The molecule has 0 saturated heterocycles. The lowest BCUT2D eigenvalue weighted by Crippen LogP contribution is -2.11. The Morgan fingerprint density at radius 3 is 2.11 bits per heavy atom. The SMILES string of the molecule is CCOC(=O)CCC(=O)ON=C(C1CC1)C1CC1. The number of hydrogen-bond acceptors (Lipinski definition) is 5. The molecule has 0 aliphatic heterocycles. The number of rotatable bonds is 7. The smallest absolute Gasteiger partial charge is 0.335 e. The van der Waals surface area contributed by atoms with Crippen molar-refractivity contribution in [2.75, 3.05) is 6.61 Å². The summed E-state index contributed by atoms with van der Waals surface area (Å²) in [6.45, 7) is 2.07. The fraction of sp³-hybridized carbons (Fsp3) is 0.769. The zero-order valence-electron chi connectivity index (χ0n) is 10.7. The topological polar surface area (TPSA) is 65.0 Å². The van der Waals surface area contributed by atoms with Gasteiger partial charge in [-0.05, 0) is 32.6 Å². The molecule has 100 valence electrons. The van der Waals surface area contributed by atoms with Gasteiger partial charge in [-0.2, -0.15) is 0 Å². The van der Waals surface area contributed by atoms with Gasteiger partial charge in [-0.25, -0.2) is 4.79 Å². The summed E-state index contributed by atoms with van der Waals surface area (Å²) in [5.41, 5.74) is 1.06. The first-order valence-electron chi connectivity index (χ1n) is 6.64. The Kier molecular flexibility index (Phi) is 4.33. The zero-order chi connectivity index (χ0) is 13.0. The van der Waals surface area contributed by atoms with E-state index in [0.717, 1.165) is 31.4 Å². The number of oxime groups is 1. The second kappa shape index (κ2) is 5.98. The fourth-order valence-corrected chi connectivity index (χ4v) is 1.83. The van der Waals surface area contributed by atoms with E-state index in [9.17, 15) is 9.59 Å². The molecule has 0 spiro atoms. The standard InChI is InChI=1S/C13H19NO4/c1-2-17-11(15)7-8-12(16)18-14-13(9-3-4-9)10-5-6-10/h9-10H,2-8H2,1H3. The predicted octanol–water partition coefficient (Wildman–Crippen LogP) is 2.05. The molecule has 0 heterocycles. The first kappa shape index (κ1) is 13.1. The van der Waals surface area contributed by atoms with Crippen molar-refractivity contribution in [3.63, 3.8) is 0 Å². The summed E-state index contributed by atoms with van der Waals surface area (Å²) in [5.74, 6) is 0.246.